The fourth-order valence-electron chi connectivity index (χ4n) is 3.91. The molecule has 0 spiro atoms. The third-order valence-corrected chi connectivity index (χ3v) is 7.02. The van der Waals surface area contributed by atoms with Crippen molar-refractivity contribution in [3.8, 4) is 22.6 Å². The first kappa shape index (κ1) is 20.9. The molecular formula is C26H18N6O2S. The van der Waals surface area contributed by atoms with Crippen LogP contribution in [0.1, 0.15) is 0 Å². The molecule has 0 amide bonds. The highest BCUT2D eigenvalue weighted by molar-refractivity contribution is 7.92. The predicted molar refractivity (Wildman–Crippen MR) is 134 cm³/mol. The molecule has 0 radical (unpaired) electrons. The van der Waals surface area contributed by atoms with Crippen molar-refractivity contribution < 1.29 is 8.42 Å². The lowest BCUT2D eigenvalue weighted by molar-refractivity contribution is 0.601. The summed E-state index contributed by atoms with van der Waals surface area (Å²) in [6.45, 7) is 0. The van der Waals surface area contributed by atoms with Crippen molar-refractivity contribution in [1.29, 1.82) is 0 Å². The van der Waals surface area contributed by atoms with Crippen LogP contribution in [0.25, 0.3) is 39.1 Å². The summed E-state index contributed by atoms with van der Waals surface area (Å²) in [5.41, 5.74) is 3.29. The molecule has 170 valence electrons. The van der Waals surface area contributed by atoms with Gasteiger partial charge in [-0.1, -0.05) is 42.5 Å². The summed E-state index contributed by atoms with van der Waals surface area (Å²) in [7, 11) is -3.77. The second-order valence-electron chi connectivity index (χ2n) is 7.94. The molecule has 0 aliphatic rings. The molecule has 0 atom stereocenters. The number of nitrogens with zero attached hydrogens (tertiary/aromatic N) is 5. The highest BCUT2D eigenvalue weighted by atomic mass is 32.2. The van der Waals surface area contributed by atoms with Crippen LogP contribution >= 0.6 is 0 Å². The molecule has 0 aliphatic carbocycles. The van der Waals surface area contributed by atoms with E-state index in [2.05, 4.69) is 19.9 Å². The molecule has 0 saturated heterocycles. The van der Waals surface area contributed by atoms with E-state index in [1.807, 2.05) is 54.6 Å². The molecule has 8 nitrogen and oxygen atoms in total. The Balaban J connectivity index is 1.34. The number of fused-ring (bicyclic) bond motifs is 2. The number of sulfonamides is 1. The van der Waals surface area contributed by atoms with Crippen LogP contribution in [0.4, 0.5) is 5.69 Å². The van der Waals surface area contributed by atoms with E-state index in [0.717, 1.165) is 21.9 Å². The maximum absolute atomic E-state index is 13.1. The van der Waals surface area contributed by atoms with Crippen molar-refractivity contribution in [3.05, 3.63) is 103 Å². The number of anilines is 1. The quantitative estimate of drug-likeness (QED) is 0.382. The van der Waals surface area contributed by atoms with Crippen LogP contribution < -0.4 is 4.72 Å². The Morgan fingerprint density at radius 1 is 0.714 bits per heavy atom. The van der Waals surface area contributed by atoms with Crippen LogP contribution in [0.5, 0.6) is 0 Å². The lowest BCUT2D eigenvalue weighted by atomic mass is 10.1. The first-order valence-electron chi connectivity index (χ1n) is 10.8. The van der Waals surface area contributed by atoms with Gasteiger partial charge in [0, 0.05) is 29.2 Å². The highest BCUT2D eigenvalue weighted by Crippen LogP contribution is 2.26. The number of rotatable bonds is 5. The zero-order chi connectivity index (χ0) is 23.8. The Labute approximate surface area is 201 Å². The Morgan fingerprint density at radius 2 is 1.54 bits per heavy atom. The number of hydrogen-bond acceptors (Lipinski definition) is 6. The molecule has 0 aliphatic heterocycles. The van der Waals surface area contributed by atoms with Crippen LogP contribution in [-0.2, 0) is 10.0 Å². The standard InChI is InChI=1S/C26H18N6O2S/c33-35(34,23-9-8-18-4-1-2-5-20(18)17-23)31-22-7-3-6-21(16-22)24-10-11-25-28-29-26(32(25)30-24)19-12-14-27-15-13-19/h1-17,31H. The van der Waals surface area contributed by atoms with Crippen molar-refractivity contribution in [3.63, 3.8) is 0 Å². The van der Waals surface area contributed by atoms with Gasteiger partial charge in [-0.05, 0) is 59.3 Å². The summed E-state index contributed by atoms with van der Waals surface area (Å²) in [4.78, 5) is 4.24. The Morgan fingerprint density at radius 3 is 2.40 bits per heavy atom. The summed E-state index contributed by atoms with van der Waals surface area (Å²) in [5.74, 6) is 0.595. The van der Waals surface area contributed by atoms with Crippen LogP contribution in [0, 0.1) is 0 Å². The van der Waals surface area contributed by atoms with Gasteiger partial charge in [0.25, 0.3) is 10.0 Å². The van der Waals surface area contributed by atoms with Crippen LogP contribution in [-0.4, -0.2) is 33.2 Å². The number of hydrogen-bond donors (Lipinski definition) is 1. The second-order valence-corrected chi connectivity index (χ2v) is 9.63. The van der Waals surface area contributed by atoms with E-state index >= 15 is 0 Å². The van der Waals surface area contributed by atoms with E-state index in [-0.39, 0.29) is 4.90 Å². The second kappa shape index (κ2) is 8.30. The van der Waals surface area contributed by atoms with Gasteiger partial charge in [-0.25, -0.2) is 8.42 Å². The van der Waals surface area contributed by atoms with Gasteiger partial charge in [-0.3, -0.25) is 9.71 Å². The van der Waals surface area contributed by atoms with Gasteiger partial charge in [0.05, 0.1) is 10.6 Å². The van der Waals surface area contributed by atoms with Gasteiger partial charge in [-0.2, -0.15) is 9.61 Å². The summed E-state index contributed by atoms with van der Waals surface area (Å²) in [6.07, 6.45) is 3.37. The third-order valence-electron chi connectivity index (χ3n) is 5.64. The predicted octanol–water partition coefficient (Wildman–Crippen LogP) is 4.81. The van der Waals surface area contributed by atoms with E-state index in [1.54, 1.807) is 53.3 Å². The minimum Gasteiger partial charge on any atom is -0.280 e. The Hall–Kier alpha value is -4.63. The van der Waals surface area contributed by atoms with Crippen molar-refractivity contribution in [2.24, 2.45) is 0 Å². The van der Waals surface area contributed by atoms with Gasteiger partial charge in [0.1, 0.15) is 0 Å². The lowest BCUT2D eigenvalue weighted by Gasteiger charge is -2.10. The third kappa shape index (κ3) is 3.98. The molecular weight excluding hydrogens is 460 g/mol. The van der Waals surface area contributed by atoms with Gasteiger partial charge < -0.3 is 0 Å². The Bertz CT molecular complexity index is 1800. The van der Waals surface area contributed by atoms with E-state index in [9.17, 15) is 8.42 Å². The lowest BCUT2D eigenvalue weighted by Crippen LogP contribution is -2.13. The fourth-order valence-corrected chi connectivity index (χ4v) is 5.00. The van der Waals surface area contributed by atoms with Gasteiger partial charge in [-0.15, -0.1) is 10.2 Å². The van der Waals surface area contributed by atoms with Gasteiger partial charge >= 0.3 is 0 Å². The minimum atomic E-state index is -3.77. The zero-order valence-corrected chi connectivity index (χ0v) is 19.1. The van der Waals surface area contributed by atoms with Gasteiger partial charge in [0.15, 0.2) is 11.5 Å². The summed E-state index contributed by atoms with van der Waals surface area (Å²) < 4.78 is 30.5. The SMILES string of the molecule is O=S(=O)(Nc1cccc(-c2ccc3nnc(-c4ccncc4)n3n2)c1)c1ccc2ccccc2c1. The van der Waals surface area contributed by atoms with Crippen molar-refractivity contribution in [1.82, 2.24) is 24.8 Å². The van der Waals surface area contributed by atoms with Crippen LogP contribution in [0.2, 0.25) is 0 Å². The summed E-state index contributed by atoms with van der Waals surface area (Å²) >= 11 is 0. The number of aromatic nitrogens is 5. The first-order chi connectivity index (χ1) is 17.1. The molecule has 0 saturated carbocycles. The molecule has 6 rings (SSSR count). The molecule has 3 heterocycles. The maximum Gasteiger partial charge on any atom is 0.261 e. The van der Waals surface area contributed by atoms with E-state index < -0.39 is 10.0 Å². The molecule has 0 bridgehead atoms. The number of nitrogens with one attached hydrogen (secondary N) is 1. The largest absolute Gasteiger partial charge is 0.280 e. The van der Waals surface area contributed by atoms with Crippen molar-refractivity contribution >= 4 is 32.1 Å². The molecule has 3 aromatic carbocycles. The molecule has 35 heavy (non-hydrogen) atoms. The molecule has 9 heteroatoms. The summed E-state index contributed by atoms with van der Waals surface area (Å²) in [5, 5.41) is 15.0. The van der Waals surface area contributed by atoms with Crippen LogP contribution in [0.15, 0.2) is 108 Å². The topological polar surface area (TPSA) is 102 Å². The number of benzene rings is 3. The monoisotopic (exact) mass is 478 g/mol. The fraction of sp³-hybridized carbons (Fsp3) is 0. The van der Waals surface area contributed by atoms with Crippen molar-refractivity contribution in [2.45, 2.75) is 4.90 Å². The van der Waals surface area contributed by atoms with Gasteiger partial charge in [0.2, 0.25) is 0 Å². The number of pyridine rings is 1. The van der Waals surface area contributed by atoms with E-state index in [0.29, 0.717) is 22.9 Å². The molecule has 3 aromatic heterocycles. The van der Waals surface area contributed by atoms with Crippen LogP contribution in [0.3, 0.4) is 0 Å². The zero-order valence-electron chi connectivity index (χ0n) is 18.3. The highest BCUT2D eigenvalue weighted by Gasteiger charge is 2.16. The first-order valence-corrected chi connectivity index (χ1v) is 12.3. The molecule has 0 fully saturated rings. The molecule has 0 unspecified atom stereocenters. The smallest absolute Gasteiger partial charge is 0.261 e. The minimum absolute atomic E-state index is 0.202. The Kier molecular flexibility index (Phi) is 4.97. The summed E-state index contributed by atoms with van der Waals surface area (Å²) in [6, 6.07) is 27.2. The average molecular weight is 479 g/mol. The van der Waals surface area contributed by atoms with Crippen molar-refractivity contribution in [2.75, 3.05) is 4.72 Å². The molecule has 1 N–H and O–H groups in total. The van der Waals surface area contributed by atoms with E-state index in [4.69, 9.17) is 5.10 Å². The average Bonchev–Trinajstić information content (AvgIpc) is 3.32. The molecule has 6 aromatic rings. The normalized spacial score (nSPS) is 11.7. The van der Waals surface area contributed by atoms with E-state index in [1.165, 1.54) is 0 Å². The maximum atomic E-state index is 13.1.